The Bertz CT molecular complexity index is 913. The van der Waals surface area contributed by atoms with Gasteiger partial charge in [-0.1, -0.05) is 47.6 Å². The second-order valence-electron chi connectivity index (χ2n) is 9.45. The van der Waals surface area contributed by atoms with Crippen LogP contribution in [0.5, 0.6) is 11.5 Å². The third-order valence-electron chi connectivity index (χ3n) is 5.90. The first-order chi connectivity index (χ1) is 16.9. The maximum absolute atomic E-state index is 12.8. The molecule has 1 rings (SSSR count). The minimum Gasteiger partial charge on any atom is -0.477 e. The standard InChI is InChI=1S/C27H41NO8/c1-8-11-23(29)34-21-14-13-20(15-22(21)35-24(30)12-9-2)16-27(26(32)33,28-18(6)10-3)36-25(31)19(7)17(4)5/h13-15,17-19,28H,8-12,16H2,1-7H3,(H,32,33)/t18?,19?,27-/m0/s1. The van der Waals surface area contributed by atoms with Crippen LogP contribution in [-0.4, -0.2) is 40.8 Å². The molecule has 0 heterocycles. The highest BCUT2D eigenvalue weighted by atomic mass is 16.6. The lowest BCUT2D eigenvalue weighted by Crippen LogP contribution is -2.60. The Morgan fingerprint density at radius 1 is 0.917 bits per heavy atom. The molecular formula is C27H41NO8. The van der Waals surface area contributed by atoms with Crippen LogP contribution in [-0.2, 0) is 30.3 Å². The van der Waals surface area contributed by atoms with Gasteiger partial charge in [0, 0.05) is 25.3 Å². The van der Waals surface area contributed by atoms with E-state index in [1.54, 1.807) is 19.9 Å². The van der Waals surface area contributed by atoms with Gasteiger partial charge in [0.2, 0.25) is 0 Å². The summed E-state index contributed by atoms with van der Waals surface area (Å²) in [7, 11) is 0. The number of hydrogen-bond donors (Lipinski definition) is 2. The summed E-state index contributed by atoms with van der Waals surface area (Å²) in [5, 5.41) is 13.2. The van der Waals surface area contributed by atoms with Crippen molar-refractivity contribution in [3.8, 4) is 11.5 Å². The molecule has 0 fully saturated rings. The van der Waals surface area contributed by atoms with Gasteiger partial charge in [-0.2, -0.15) is 0 Å². The Balaban J connectivity index is 3.47. The van der Waals surface area contributed by atoms with Gasteiger partial charge in [0.05, 0.1) is 5.92 Å². The van der Waals surface area contributed by atoms with Crippen molar-refractivity contribution in [1.29, 1.82) is 0 Å². The van der Waals surface area contributed by atoms with E-state index < -0.39 is 35.5 Å². The average Bonchev–Trinajstić information content (AvgIpc) is 2.80. The van der Waals surface area contributed by atoms with Crippen LogP contribution in [0.2, 0.25) is 0 Å². The van der Waals surface area contributed by atoms with Gasteiger partial charge in [0.15, 0.2) is 11.5 Å². The normalized spacial score (nSPS) is 14.4. The molecule has 0 aliphatic rings. The van der Waals surface area contributed by atoms with Crippen LogP contribution < -0.4 is 14.8 Å². The van der Waals surface area contributed by atoms with Gasteiger partial charge in [-0.3, -0.25) is 19.7 Å². The molecule has 0 amide bonds. The summed E-state index contributed by atoms with van der Waals surface area (Å²) in [6, 6.07) is 4.17. The Morgan fingerprint density at radius 3 is 1.94 bits per heavy atom. The van der Waals surface area contributed by atoms with E-state index in [2.05, 4.69) is 5.32 Å². The molecule has 0 aromatic heterocycles. The molecule has 1 aromatic carbocycles. The van der Waals surface area contributed by atoms with Crippen molar-refractivity contribution in [2.45, 2.75) is 98.8 Å². The van der Waals surface area contributed by atoms with Gasteiger partial charge in [-0.15, -0.1) is 0 Å². The Labute approximate surface area is 213 Å². The van der Waals surface area contributed by atoms with E-state index in [9.17, 15) is 24.3 Å². The van der Waals surface area contributed by atoms with Crippen LogP contribution in [0.3, 0.4) is 0 Å². The Kier molecular flexibility index (Phi) is 12.6. The first-order valence-electron chi connectivity index (χ1n) is 12.7. The predicted octanol–water partition coefficient (Wildman–Crippen LogP) is 4.64. The number of carbonyl (C=O) groups is 4. The molecule has 0 bridgehead atoms. The zero-order valence-corrected chi connectivity index (χ0v) is 22.5. The number of hydrogen-bond acceptors (Lipinski definition) is 8. The molecule has 1 aromatic rings. The molecule has 0 saturated carbocycles. The lowest BCUT2D eigenvalue weighted by molar-refractivity contribution is -0.188. The van der Waals surface area contributed by atoms with Crippen LogP contribution in [0, 0.1) is 11.8 Å². The van der Waals surface area contributed by atoms with Gasteiger partial charge < -0.3 is 19.3 Å². The SMILES string of the molecule is CCCC(=O)Oc1ccc(C[C@](NC(C)CC)(OC(=O)C(C)C(C)C)C(=O)O)cc1OC(=O)CCC. The van der Waals surface area contributed by atoms with Crippen molar-refractivity contribution in [2.24, 2.45) is 11.8 Å². The van der Waals surface area contributed by atoms with Gasteiger partial charge in [-0.05, 0) is 49.8 Å². The molecule has 0 aliphatic carbocycles. The van der Waals surface area contributed by atoms with Crippen LogP contribution in [0.25, 0.3) is 0 Å². The smallest absolute Gasteiger partial charge is 0.364 e. The maximum atomic E-state index is 12.8. The van der Waals surface area contributed by atoms with Crippen LogP contribution in [0.4, 0.5) is 0 Å². The molecule has 0 radical (unpaired) electrons. The first kappa shape index (κ1) is 31.1. The number of nitrogens with one attached hydrogen (secondary N) is 1. The minimum atomic E-state index is -2.05. The summed E-state index contributed by atoms with van der Waals surface area (Å²) >= 11 is 0. The second kappa shape index (κ2) is 14.6. The number of rotatable bonds is 15. The van der Waals surface area contributed by atoms with Crippen molar-refractivity contribution in [1.82, 2.24) is 5.32 Å². The molecule has 36 heavy (non-hydrogen) atoms. The summed E-state index contributed by atoms with van der Waals surface area (Å²) in [6.45, 7) is 12.7. The van der Waals surface area contributed by atoms with E-state index in [0.717, 1.165) is 0 Å². The number of ether oxygens (including phenoxy) is 3. The van der Waals surface area contributed by atoms with Gasteiger partial charge in [0.25, 0.3) is 5.72 Å². The quantitative estimate of drug-likeness (QED) is 0.198. The summed E-state index contributed by atoms with van der Waals surface area (Å²) in [6.07, 6.45) is 1.85. The summed E-state index contributed by atoms with van der Waals surface area (Å²) in [4.78, 5) is 49.7. The summed E-state index contributed by atoms with van der Waals surface area (Å²) < 4.78 is 16.5. The molecular weight excluding hydrogens is 466 g/mol. The number of esters is 3. The Morgan fingerprint density at radius 2 is 1.47 bits per heavy atom. The first-order valence-corrected chi connectivity index (χ1v) is 12.7. The fourth-order valence-corrected chi connectivity index (χ4v) is 3.20. The molecule has 0 spiro atoms. The van der Waals surface area contributed by atoms with E-state index in [1.165, 1.54) is 12.1 Å². The number of carboxylic acids is 1. The van der Waals surface area contributed by atoms with Crippen LogP contribution >= 0.6 is 0 Å². The van der Waals surface area contributed by atoms with Gasteiger partial charge in [-0.25, -0.2) is 4.79 Å². The monoisotopic (exact) mass is 507 g/mol. The molecule has 9 heteroatoms. The Hall–Kier alpha value is -2.94. The van der Waals surface area contributed by atoms with Crippen molar-refractivity contribution in [2.75, 3.05) is 0 Å². The second-order valence-corrected chi connectivity index (χ2v) is 9.45. The topological polar surface area (TPSA) is 128 Å². The molecule has 202 valence electrons. The lowest BCUT2D eigenvalue weighted by Gasteiger charge is -2.34. The van der Waals surface area contributed by atoms with E-state index in [-0.39, 0.29) is 42.7 Å². The average molecular weight is 508 g/mol. The zero-order valence-electron chi connectivity index (χ0n) is 22.5. The highest BCUT2D eigenvalue weighted by Crippen LogP contribution is 2.32. The van der Waals surface area contributed by atoms with E-state index in [0.29, 0.717) is 24.8 Å². The molecule has 2 N–H and O–H groups in total. The van der Waals surface area contributed by atoms with Crippen molar-refractivity contribution >= 4 is 23.9 Å². The zero-order chi connectivity index (χ0) is 27.5. The number of carboxylic acid groups (broad SMARTS) is 1. The minimum absolute atomic E-state index is 0.0000989. The molecule has 0 aliphatic heterocycles. The largest absolute Gasteiger partial charge is 0.477 e. The predicted molar refractivity (Wildman–Crippen MR) is 135 cm³/mol. The molecule has 9 nitrogen and oxygen atoms in total. The van der Waals surface area contributed by atoms with E-state index in [4.69, 9.17) is 14.2 Å². The van der Waals surface area contributed by atoms with Crippen molar-refractivity contribution < 1.29 is 38.5 Å². The molecule has 3 atom stereocenters. The third-order valence-corrected chi connectivity index (χ3v) is 5.90. The number of carbonyl (C=O) groups excluding carboxylic acids is 3. The fourth-order valence-electron chi connectivity index (χ4n) is 3.20. The summed E-state index contributed by atoms with van der Waals surface area (Å²) in [5.74, 6) is -3.49. The third kappa shape index (κ3) is 9.26. The summed E-state index contributed by atoms with van der Waals surface area (Å²) in [5.41, 5.74) is -1.64. The van der Waals surface area contributed by atoms with E-state index in [1.807, 2.05) is 34.6 Å². The van der Waals surface area contributed by atoms with Crippen molar-refractivity contribution in [3.05, 3.63) is 23.8 Å². The lowest BCUT2D eigenvalue weighted by atomic mass is 9.97. The fraction of sp³-hybridized carbons (Fsp3) is 0.630. The van der Waals surface area contributed by atoms with Gasteiger partial charge in [0.1, 0.15) is 0 Å². The van der Waals surface area contributed by atoms with Crippen LogP contribution in [0.1, 0.15) is 86.1 Å². The molecule has 2 unspecified atom stereocenters. The molecule has 0 saturated heterocycles. The highest BCUT2D eigenvalue weighted by Gasteiger charge is 2.45. The number of aliphatic carboxylic acids is 1. The van der Waals surface area contributed by atoms with E-state index >= 15 is 0 Å². The highest BCUT2D eigenvalue weighted by molar-refractivity contribution is 5.83. The maximum Gasteiger partial charge on any atom is 0.364 e. The van der Waals surface area contributed by atoms with Crippen molar-refractivity contribution in [3.63, 3.8) is 0 Å². The van der Waals surface area contributed by atoms with Gasteiger partial charge >= 0.3 is 23.9 Å². The van der Waals surface area contributed by atoms with Crippen LogP contribution in [0.15, 0.2) is 18.2 Å². The number of benzene rings is 1.